The van der Waals surface area contributed by atoms with Crippen LogP contribution >= 0.6 is 0 Å². The average molecular weight is 198 g/mol. The molecular formula is C9H10O5. The van der Waals surface area contributed by atoms with Gasteiger partial charge in [0.1, 0.15) is 0 Å². The summed E-state index contributed by atoms with van der Waals surface area (Å²) in [6.07, 6.45) is 2.00. The summed E-state index contributed by atoms with van der Waals surface area (Å²) >= 11 is 0. The fourth-order valence-electron chi connectivity index (χ4n) is 1.22. The van der Waals surface area contributed by atoms with Crippen LogP contribution in [0.25, 0.3) is 0 Å². The molecule has 0 bridgehead atoms. The third-order valence-corrected chi connectivity index (χ3v) is 2.16. The van der Waals surface area contributed by atoms with Crippen molar-refractivity contribution in [2.45, 2.75) is 18.9 Å². The Morgan fingerprint density at radius 2 is 2.00 bits per heavy atom. The molecule has 0 aromatic heterocycles. The van der Waals surface area contributed by atoms with Crippen molar-refractivity contribution in [2.75, 3.05) is 0 Å². The molecule has 76 valence electrons. The summed E-state index contributed by atoms with van der Waals surface area (Å²) < 4.78 is 0. The zero-order valence-electron chi connectivity index (χ0n) is 7.52. The lowest BCUT2D eigenvalue weighted by Gasteiger charge is -2.23. The highest BCUT2D eigenvalue weighted by Crippen LogP contribution is 2.27. The molecule has 1 rings (SSSR count). The largest absolute Gasteiger partial charge is 0.479 e. The molecular weight excluding hydrogens is 188 g/mol. The molecule has 0 fully saturated rings. The van der Waals surface area contributed by atoms with E-state index in [9.17, 15) is 14.7 Å². The van der Waals surface area contributed by atoms with Crippen molar-refractivity contribution >= 4 is 11.9 Å². The minimum Gasteiger partial charge on any atom is -0.479 e. The Morgan fingerprint density at radius 1 is 1.43 bits per heavy atom. The van der Waals surface area contributed by atoms with Crippen molar-refractivity contribution in [3.63, 3.8) is 0 Å². The molecule has 0 radical (unpaired) electrons. The van der Waals surface area contributed by atoms with E-state index in [2.05, 4.69) is 0 Å². The quantitative estimate of drug-likeness (QED) is 0.587. The summed E-state index contributed by atoms with van der Waals surface area (Å²) in [5, 5.41) is 26.9. The standard InChI is InChI=1S/C9H10O5/c1-5-2-3-9(14,8(12)13)4-6(5)7(10)11/h2-3,14H,4H2,1H3,(H,10,11)(H,12,13). The van der Waals surface area contributed by atoms with Gasteiger partial charge >= 0.3 is 11.9 Å². The normalized spacial score (nSPS) is 26.4. The summed E-state index contributed by atoms with van der Waals surface area (Å²) in [6, 6.07) is 0. The van der Waals surface area contributed by atoms with Crippen LogP contribution in [0.15, 0.2) is 23.3 Å². The van der Waals surface area contributed by atoms with Gasteiger partial charge in [-0.25, -0.2) is 9.59 Å². The van der Waals surface area contributed by atoms with E-state index < -0.39 is 24.0 Å². The first kappa shape index (κ1) is 10.5. The van der Waals surface area contributed by atoms with Gasteiger partial charge in [0, 0.05) is 12.0 Å². The van der Waals surface area contributed by atoms with Crippen LogP contribution in [0, 0.1) is 0 Å². The lowest BCUT2D eigenvalue weighted by Crippen LogP contribution is -2.39. The highest BCUT2D eigenvalue weighted by atomic mass is 16.4. The smallest absolute Gasteiger partial charge is 0.340 e. The topological polar surface area (TPSA) is 94.8 Å². The lowest BCUT2D eigenvalue weighted by molar-refractivity contribution is -0.153. The monoisotopic (exact) mass is 198 g/mol. The number of allylic oxidation sites excluding steroid dienone is 2. The van der Waals surface area contributed by atoms with E-state index in [1.54, 1.807) is 6.92 Å². The van der Waals surface area contributed by atoms with Crippen LogP contribution in [0.4, 0.5) is 0 Å². The van der Waals surface area contributed by atoms with E-state index in [0.29, 0.717) is 5.57 Å². The molecule has 0 amide bonds. The Hall–Kier alpha value is -1.62. The maximum absolute atomic E-state index is 10.7. The number of rotatable bonds is 2. The van der Waals surface area contributed by atoms with Crippen molar-refractivity contribution in [1.82, 2.24) is 0 Å². The minimum atomic E-state index is -2.09. The Balaban J connectivity index is 3.07. The number of carboxylic acids is 2. The Bertz CT molecular complexity index is 352. The first-order valence-corrected chi connectivity index (χ1v) is 3.95. The number of aliphatic hydroxyl groups is 1. The molecule has 5 nitrogen and oxygen atoms in total. The van der Waals surface area contributed by atoms with Gasteiger partial charge in [0.2, 0.25) is 0 Å². The number of carbonyl (C=O) groups is 2. The first-order chi connectivity index (χ1) is 6.37. The van der Waals surface area contributed by atoms with Crippen LogP contribution in [-0.2, 0) is 9.59 Å². The van der Waals surface area contributed by atoms with Gasteiger partial charge in [-0.2, -0.15) is 0 Å². The van der Waals surface area contributed by atoms with Gasteiger partial charge in [0.15, 0.2) is 5.60 Å². The summed E-state index contributed by atoms with van der Waals surface area (Å²) in [5.74, 6) is -2.65. The summed E-state index contributed by atoms with van der Waals surface area (Å²) in [7, 11) is 0. The molecule has 1 unspecified atom stereocenters. The van der Waals surface area contributed by atoms with Gasteiger partial charge in [0.05, 0.1) is 0 Å². The van der Waals surface area contributed by atoms with E-state index in [4.69, 9.17) is 10.2 Å². The van der Waals surface area contributed by atoms with E-state index >= 15 is 0 Å². The number of carboxylic acid groups (broad SMARTS) is 2. The highest BCUT2D eigenvalue weighted by molar-refractivity contribution is 5.92. The first-order valence-electron chi connectivity index (χ1n) is 3.95. The van der Waals surface area contributed by atoms with Gasteiger partial charge in [-0.1, -0.05) is 6.08 Å². The Morgan fingerprint density at radius 3 is 2.43 bits per heavy atom. The van der Waals surface area contributed by atoms with Crippen LogP contribution in [0.5, 0.6) is 0 Å². The van der Waals surface area contributed by atoms with E-state index in [0.717, 1.165) is 6.08 Å². The van der Waals surface area contributed by atoms with Crippen molar-refractivity contribution < 1.29 is 24.9 Å². The van der Waals surface area contributed by atoms with Crippen LogP contribution < -0.4 is 0 Å². The Labute approximate surface area is 80.0 Å². The van der Waals surface area contributed by atoms with Gasteiger partial charge in [-0.05, 0) is 18.6 Å². The molecule has 0 saturated carbocycles. The second-order valence-electron chi connectivity index (χ2n) is 3.21. The van der Waals surface area contributed by atoms with Crippen molar-refractivity contribution in [1.29, 1.82) is 0 Å². The average Bonchev–Trinajstić information content (AvgIpc) is 2.09. The van der Waals surface area contributed by atoms with E-state index in [1.807, 2.05) is 0 Å². The fourth-order valence-corrected chi connectivity index (χ4v) is 1.22. The maximum Gasteiger partial charge on any atom is 0.340 e. The fraction of sp³-hybridized carbons (Fsp3) is 0.333. The zero-order valence-corrected chi connectivity index (χ0v) is 7.52. The lowest BCUT2D eigenvalue weighted by atomic mass is 9.86. The third-order valence-electron chi connectivity index (χ3n) is 2.16. The van der Waals surface area contributed by atoms with Crippen LogP contribution in [-0.4, -0.2) is 32.9 Å². The molecule has 0 aromatic rings. The van der Waals surface area contributed by atoms with Gasteiger partial charge in [0.25, 0.3) is 0 Å². The van der Waals surface area contributed by atoms with E-state index in [1.165, 1.54) is 6.08 Å². The molecule has 5 heteroatoms. The molecule has 14 heavy (non-hydrogen) atoms. The van der Waals surface area contributed by atoms with Crippen LogP contribution in [0.3, 0.4) is 0 Å². The second-order valence-corrected chi connectivity index (χ2v) is 3.21. The molecule has 3 N–H and O–H groups in total. The Kier molecular flexibility index (Phi) is 2.44. The summed E-state index contributed by atoms with van der Waals surface area (Å²) in [4.78, 5) is 21.3. The van der Waals surface area contributed by atoms with Crippen molar-refractivity contribution in [3.05, 3.63) is 23.3 Å². The predicted octanol–water partition coefficient (Wildman–Crippen LogP) is 0.163. The minimum absolute atomic E-state index is 0.0719. The van der Waals surface area contributed by atoms with Gasteiger partial charge < -0.3 is 15.3 Å². The molecule has 1 aliphatic carbocycles. The van der Waals surface area contributed by atoms with E-state index in [-0.39, 0.29) is 5.57 Å². The molecule has 0 saturated heterocycles. The van der Waals surface area contributed by atoms with Gasteiger partial charge in [-0.3, -0.25) is 0 Å². The predicted molar refractivity (Wildman–Crippen MR) is 46.7 cm³/mol. The molecule has 1 atom stereocenters. The molecule has 0 aliphatic heterocycles. The van der Waals surface area contributed by atoms with Gasteiger partial charge in [-0.15, -0.1) is 0 Å². The van der Waals surface area contributed by atoms with Crippen molar-refractivity contribution in [2.24, 2.45) is 0 Å². The summed E-state index contributed by atoms with van der Waals surface area (Å²) in [5.41, 5.74) is -1.70. The van der Waals surface area contributed by atoms with Crippen LogP contribution in [0.1, 0.15) is 13.3 Å². The third kappa shape index (κ3) is 1.67. The number of hydrogen-bond acceptors (Lipinski definition) is 3. The molecule has 0 heterocycles. The van der Waals surface area contributed by atoms with Crippen LogP contribution in [0.2, 0.25) is 0 Å². The zero-order chi connectivity index (χ0) is 10.9. The summed E-state index contributed by atoms with van der Waals surface area (Å²) in [6.45, 7) is 1.56. The number of aliphatic carboxylic acids is 2. The molecule has 1 aliphatic rings. The molecule has 0 aromatic carbocycles. The SMILES string of the molecule is CC1=C(C(=O)O)CC(O)(C(=O)O)C=C1. The molecule has 0 spiro atoms. The second kappa shape index (κ2) is 3.26. The maximum atomic E-state index is 10.7. The van der Waals surface area contributed by atoms with Crippen molar-refractivity contribution in [3.8, 4) is 0 Å². The highest BCUT2D eigenvalue weighted by Gasteiger charge is 2.38. The number of hydrogen-bond donors (Lipinski definition) is 3.